The molecule has 1 aliphatic carbocycles. The number of carboxylic acids is 1. The van der Waals surface area contributed by atoms with Gasteiger partial charge in [0.05, 0.1) is 6.20 Å². The first-order chi connectivity index (χ1) is 12.5. The summed E-state index contributed by atoms with van der Waals surface area (Å²) in [5.74, 6) is -1.68. The number of piperidine rings is 1. The number of likely N-dealkylation sites (tertiary alicyclic amines) is 1. The van der Waals surface area contributed by atoms with Crippen LogP contribution in [0.3, 0.4) is 0 Å². The van der Waals surface area contributed by atoms with E-state index in [1.165, 1.54) is 23.5 Å². The third-order valence-electron chi connectivity index (χ3n) is 5.83. The Balaban J connectivity index is 1.87. The number of carbonyl (C=O) groups is 3. The lowest BCUT2D eigenvalue weighted by Gasteiger charge is -2.37. The number of fused-ring (bicyclic) bond motifs is 1. The molecule has 2 fully saturated rings. The molecule has 0 spiro atoms. The SMILES string of the molecule is CC(C)(C)C(NC(=O)c1cnccn1)C(=O)N1[C@H](C(=O)O)C[C@H]2[C@@H]1C2(C)C. The standard InChI is InChI=1S/C19H26N4O4/c1-18(2,3)13(22-15(24)11-9-20-6-7-21-11)16(25)23-12(17(26)27)8-10-14(23)19(10,4)5/h6-7,9-10,12-14H,8H2,1-5H3,(H,22,24)(H,26,27)/t10-,12-,13?,14+/m0/s1. The maximum absolute atomic E-state index is 13.4. The van der Waals surface area contributed by atoms with Crippen LogP contribution >= 0.6 is 0 Å². The predicted octanol–water partition coefficient (Wildman–Crippen LogP) is 1.33. The Hall–Kier alpha value is -2.51. The summed E-state index contributed by atoms with van der Waals surface area (Å²) in [6.07, 6.45) is 4.64. The molecule has 4 atom stereocenters. The molecule has 0 bridgehead atoms. The molecule has 8 nitrogen and oxygen atoms in total. The van der Waals surface area contributed by atoms with Crippen molar-refractivity contribution in [3.8, 4) is 0 Å². The highest BCUT2D eigenvalue weighted by atomic mass is 16.4. The molecule has 2 aliphatic rings. The van der Waals surface area contributed by atoms with E-state index >= 15 is 0 Å². The molecule has 2 amide bonds. The van der Waals surface area contributed by atoms with Crippen LogP contribution in [0.1, 0.15) is 51.5 Å². The predicted molar refractivity (Wildman–Crippen MR) is 96.7 cm³/mol. The van der Waals surface area contributed by atoms with Gasteiger partial charge in [-0.2, -0.15) is 0 Å². The first-order valence-electron chi connectivity index (χ1n) is 9.08. The van der Waals surface area contributed by atoms with Gasteiger partial charge >= 0.3 is 5.97 Å². The fourth-order valence-electron chi connectivity index (χ4n) is 4.18. The second-order valence-electron chi connectivity index (χ2n) is 9.07. The van der Waals surface area contributed by atoms with Crippen LogP contribution in [0, 0.1) is 16.7 Å². The third-order valence-corrected chi connectivity index (χ3v) is 5.83. The molecule has 2 heterocycles. The van der Waals surface area contributed by atoms with Crippen molar-refractivity contribution in [2.45, 2.75) is 59.2 Å². The van der Waals surface area contributed by atoms with Crippen molar-refractivity contribution in [3.63, 3.8) is 0 Å². The number of hydrogen-bond acceptors (Lipinski definition) is 5. The summed E-state index contributed by atoms with van der Waals surface area (Å²) in [5.41, 5.74) is -0.589. The Morgan fingerprint density at radius 3 is 2.48 bits per heavy atom. The van der Waals surface area contributed by atoms with Gasteiger partial charge in [-0.15, -0.1) is 0 Å². The van der Waals surface area contributed by atoms with Gasteiger partial charge in [0.15, 0.2) is 0 Å². The van der Waals surface area contributed by atoms with Crippen molar-refractivity contribution in [3.05, 3.63) is 24.3 Å². The van der Waals surface area contributed by atoms with Crippen LogP contribution in [0.5, 0.6) is 0 Å². The lowest BCUT2D eigenvalue weighted by molar-refractivity contribution is -0.152. The van der Waals surface area contributed by atoms with E-state index in [0.717, 1.165) is 0 Å². The number of aromatic nitrogens is 2. The molecule has 1 aliphatic heterocycles. The van der Waals surface area contributed by atoms with Crippen LogP contribution in [-0.4, -0.2) is 55.9 Å². The van der Waals surface area contributed by atoms with Gasteiger partial charge < -0.3 is 15.3 Å². The summed E-state index contributed by atoms with van der Waals surface area (Å²) in [6.45, 7) is 9.62. The van der Waals surface area contributed by atoms with Gasteiger partial charge in [0.2, 0.25) is 5.91 Å². The van der Waals surface area contributed by atoms with Gasteiger partial charge in [-0.05, 0) is 23.2 Å². The molecule has 1 unspecified atom stereocenters. The van der Waals surface area contributed by atoms with Gasteiger partial charge in [-0.25, -0.2) is 9.78 Å². The molecule has 1 saturated carbocycles. The van der Waals surface area contributed by atoms with Crippen molar-refractivity contribution < 1.29 is 19.5 Å². The molecule has 146 valence electrons. The van der Waals surface area contributed by atoms with Crippen LogP contribution in [0.4, 0.5) is 0 Å². The largest absolute Gasteiger partial charge is 0.480 e. The van der Waals surface area contributed by atoms with E-state index < -0.39 is 29.4 Å². The number of hydrogen-bond donors (Lipinski definition) is 2. The van der Waals surface area contributed by atoms with E-state index in [1.54, 1.807) is 0 Å². The normalized spacial score (nSPS) is 26.9. The minimum absolute atomic E-state index is 0.0983. The van der Waals surface area contributed by atoms with Crippen molar-refractivity contribution >= 4 is 17.8 Å². The average molecular weight is 374 g/mol. The molecule has 27 heavy (non-hydrogen) atoms. The van der Waals surface area contributed by atoms with Gasteiger partial charge in [0, 0.05) is 18.4 Å². The van der Waals surface area contributed by atoms with E-state index in [2.05, 4.69) is 15.3 Å². The zero-order chi connectivity index (χ0) is 20.1. The van der Waals surface area contributed by atoms with Crippen LogP contribution < -0.4 is 5.32 Å². The highest BCUT2D eigenvalue weighted by Gasteiger charge is 2.69. The van der Waals surface area contributed by atoms with E-state index in [9.17, 15) is 19.5 Å². The Labute approximate surface area is 158 Å². The topological polar surface area (TPSA) is 112 Å². The van der Waals surface area contributed by atoms with Crippen molar-refractivity contribution in [1.82, 2.24) is 20.2 Å². The Bertz CT molecular complexity index is 772. The second kappa shape index (κ2) is 6.28. The van der Waals surface area contributed by atoms with Crippen molar-refractivity contribution in [2.75, 3.05) is 0 Å². The number of aliphatic carboxylic acids is 1. The Morgan fingerprint density at radius 2 is 1.96 bits per heavy atom. The Kier molecular flexibility index (Phi) is 4.48. The smallest absolute Gasteiger partial charge is 0.326 e. The lowest BCUT2D eigenvalue weighted by Crippen LogP contribution is -2.58. The van der Waals surface area contributed by atoms with Crippen LogP contribution in [-0.2, 0) is 9.59 Å². The molecule has 0 aromatic carbocycles. The van der Waals surface area contributed by atoms with Gasteiger partial charge in [0.25, 0.3) is 5.91 Å². The molecule has 8 heteroatoms. The monoisotopic (exact) mass is 374 g/mol. The highest BCUT2D eigenvalue weighted by Crippen LogP contribution is 2.62. The summed E-state index contributed by atoms with van der Waals surface area (Å²) >= 11 is 0. The summed E-state index contributed by atoms with van der Waals surface area (Å²) < 4.78 is 0. The summed E-state index contributed by atoms with van der Waals surface area (Å²) in [7, 11) is 0. The van der Waals surface area contributed by atoms with E-state index in [4.69, 9.17) is 0 Å². The highest BCUT2D eigenvalue weighted by molar-refractivity contribution is 5.97. The molecule has 1 aromatic heterocycles. The zero-order valence-corrected chi connectivity index (χ0v) is 16.3. The molecule has 1 saturated heterocycles. The Morgan fingerprint density at radius 1 is 1.30 bits per heavy atom. The molecule has 0 radical (unpaired) electrons. The van der Waals surface area contributed by atoms with Crippen molar-refractivity contribution in [1.29, 1.82) is 0 Å². The van der Waals surface area contributed by atoms with E-state index in [0.29, 0.717) is 6.42 Å². The average Bonchev–Trinajstić information content (AvgIpc) is 2.95. The van der Waals surface area contributed by atoms with Gasteiger partial charge in [0.1, 0.15) is 17.8 Å². The summed E-state index contributed by atoms with van der Waals surface area (Å²) in [6, 6.07) is -1.83. The fourth-order valence-corrected chi connectivity index (χ4v) is 4.18. The van der Waals surface area contributed by atoms with Crippen LogP contribution in [0.25, 0.3) is 0 Å². The minimum atomic E-state index is -1.00. The minimum Gasteiger partial charge on any atom is -0.480 e. The van der Waals surface area contributed by atoms with Crippen LogP contribution in [0.15, 0.2) is 18.6 Å². The van der Waals surface area contributed by atoms with E-state index in [1.807, 2.05) is 34.6 Å². The maximum atomic E-state index is 13.4. The summed E-state index contributed by atoms with van der Waals surface area (Å²) in [5, 5.41) is 12.3. The lowest BCUT2D eigenvalue weighted by atomic mass is 9.85. The molecule has 1 aromatic rings. The molecular weight excluding hydrogens is 348 g/mol. The zero-order valence-electron chi connectivity index (χ0n) is 16.3. The fraction of sp³-hybridized carbons (Fsp3) is 0.632. The first kappa shape index (κ1) is 19.3. The second-order valence-corrected chi connectivity index (χ2v) is 9.07. The summed E-state index contributed by atoms with van der Waals surface area (Å²) in [4.78, 5) is 47.0. The van der Waals surface area contributed by atoms with Crippen molar-refractivity contribution in [2.24, 2.45) is 16.7 Å². The maximum Gasteiger partial charge on any atom is 0.326 e. The number of carboxylic acid groups (broad SMARTS) is 1. The number of nitrogens with zero attached hydrogens (tertiary/aromatic N) is 3. The number of rotatable bonds is 4. The number of nitrogens with one attached hydrogen (secondary N) is 1. The van der Waals surface area contributed by atoms with Gasteiger partial charge in [-0.3, -0.25) is 14.6 Å². The number of carbonyl (C=O) groups excluding carboxylic acids is 2. The molecule has 3 rings (SSSR count). The number of amides is 2. The first-order valence-corrected chi connectivity index (χ1v) is 9.08. The van der Waals surface area contributed by atoms with Crippen LogP contribution in [0.2, 0.25) is 0 Å². The quantitative estimate of drug-likeness (QED) is 0.822. The molecular formula is C19H26N4O4. The van der Waals surface area contributed by atoms with E-state index in [-0.39, 0.29) is 29.0 Å². The molecule has 2 N–H and O–H groups in total. The third kappa shape index (κ3) is 3.28. The van der Waals surface area contributed by atoms with Gasteiger partial charge in [-0.1, -0.05) is 34.6 Å².